The fraction of sp³-hybridized carbons (Fsp3) is 0.0714. The molecular weight excluding hydrogens is 263 g/mol. The number of benzene rings is 1. The van der Waals surface area contributed by atoms with Crippen molar-refractivity contribution < 1.29 is 14.1 Å². The molecule has 20 heavy (non-hydrogen) atoms. The number of halogens is 1. The summed E-state index contributed by atoms with van der Waals surface area (Å²) in [5.41, 5.74) is 0.773. The van der Waals surface area contributed by atoms with E-state index in [1.807, 2.05) is 0 Å². The van der Waals surface area contributed by atoms with Crippen LogP contribution in [0.4, 0.5) is 4.39 Å². The lowest BCUT2D eigenvalue weighted by molar-refractivity contribution is -0.400. The molecule has 0 spiro atoms. The number of ether oxygens (including phenoxy) is 1. The second-order valence-corrected chi connectivity index (χ2v) is 3.91. The van der Waals surface area contributed by atoms with Gasteiger partial charge in [-0.05, 0) is 17.7 Å². The number of nitro groups is 1. The Balaban J connectivity index is 2.04. The highest BCUT2D eigenvalue weighted by Crippen LogP contribution is 2.14. The summed E-state index contributed by atoms with van der Waals surface area (Å²) in [6, 6.07) is 9.64. The summed E-state index contributed by atoms with van der Waals surface area (Å²) >= 11 is 0. The SMILES string of the molecule is O=[N+]([O-])/C=C/c1ccc(COc2ccccn2)cc1F. The Morgan fingerprint density at radius 2 is 2.20 bits per heavy atom. The molecule has 5 nitrogen and oxygen atoms in total. The van der Waals surface area contributed by atoms with Gasteiger partial charge in [-0.25, -0.2) is 9.37 Å². The Bertz CT molecular complexity index is 630. The molecule has 0 amide bonds. The molecular formula is C14H11FN2O3. The number of nitrogens with zero attached hydrogens (tertiary/aromatic N) is 2. The van der Waals surface area contributed by atoms with Gasteiger partial charge < -0.3 is 4.74 Å². The first-order valence-electron chi connectivity index (χ1n) is 5.79. The van der Waals surface area contributed by atoms with Gasteiger partial charge in [0.1, 0.15) is 12.4 Å². The summed E-state index contributed by atoms with van der Waals surface area (Å²) in [5, 5.41) is 10.2. The highest BCUT2D eigenvalue weighted by molar-refractivity contribution is 5.49. The van der Waals surface area contributed by atoms with E-state index in [1.165, 1.54) is 12.1 Å². The van der Waals surface area contributed by atoms with E-state index in [-0.39, 0.29) is 12.2 Å². The van der Waals surface area contributed by atoms with Crippen molar-refractivity contribution in [2.45, 2.75) is 6.61 Å². The Morgan fingerprint density at radius 1 is 1.35 bits per heavy atom. The molecule has 102 valence electrons. The minimum Gasteiger partial charge on any atom is -0.473 e. The van der Waals surface area contributed by atoms with Crippen molar-refractivity contribution in [2.75, 3.05) is 0 Å². The molecule has 0 atom stereocenters. The predicted molar refractivity (Wildman–Crippen MR) is 71.0 cm³/mol. The van der Waals surface area contributed by atoms with Crippen LogP contribution in [0.3, 0.4) is 0 Å². The zero-order chi connectivity index (χ0) is 14.4. The molecule has 1 heterocycles. The van der Waals surface area contributed by atoms with E-state index in [0.717, 1.165) is 6.08 Å². The molecule has 6 heteroatoms. The standard InChI is InChI=1S/C14H11FN2O3/c15-13-9-11(4-5-12(13)6-8-17(18)19)10-20-14-3-1-2-7-16-14/h1-9H,10H2/b8-6+. The van der Waals surface area contributed by atoms with Crippen LogP contribution in [0.25, 0.3) is 6.08 Å². The highest BCUT2D eigenvalue weighted by Gasteiger charge is 2.03. The first-order valence-corrected chi connectivity index (χ1v) is 5.79. The zero-order valence-electron chi connectivity index (χ0n) is 10.4. The van der Waals surface area contributed by atoms with E-state index in [4.69, 9.17) is 4.74 Å². The van der Waals surface area contributed by atoms with Crippen LogP contribution < -0.4 is 4.74 Å². The van der Waals surface area contributed by atoms with Crippen molar-refractivity contribution in [3.63, 3.8) is 0 Å². The molecule has 0 saturated carbocycles. The first kappa shape index (κ1) is 13.7. The summed E-state index contributed by atoms with van der Waals surface area (Å²) in [4.78, 5) is 13.5. The molecule has 0 saturated heterocycles. The van der Waals surface area contributed by atoms with E-state index in [1.54, 1.807) is 30.5 Å². The Hall–Kier alpha value is -2.76. The Kier molecular flexibility index (Phi) is 4.39. The molecule has 0 aliphatic heterocycles. The lowest BCUT2D eigenvalue weighted by Crippen LogP contribution is -1.98. The van der Waals surface area contributed by atoms with Gasteiger partial charge >= 0.3 is 0 Å². The molecule has 0 N–H and O–H groups in total. The molecule has 0 unspecified atom stereocenters. The molecule has 2 aromatic rings. The number of aromatic nitrogens is 1. The average Bonchev–Trinajstić information content (AvgIpc) is 2.45. The second kappa shape index (κ2) is 6.42. The van der Waals surface area contributed by atoms with Gasteiger partial charge in [0.15, 0.2) is 0 Å². The average molecular weight is 274 g/mol. The molecule has 1 aromatic heterocycles. The summed E-state index contributed by atoms with van der Waals surface area (Å²) in [6.45, 7) is 0.174. The smallest absolute Gasteiger partial charge is 0.235 e. The van der Waals surface area contributed by atoms with Gasteiger partial charge in [-0.15, -0.1) is 0 Å². The van der Waals surface area contributed by atoms with Crippen molar-refractivity contribution in [1.82, 2.24) is 4.98 Å². The van der Waals surface area contributed by atoms with Gasteiger partial charge in [0.05, 0.1) is 4.92 Å². The van der Waals surface area contributed by atoms with Crippen LogP contribution in [0.1, 0.15) is 11.1 Å². The van der Waals surface area contributed by atoms with Crippen LogP contribution in [0.2, 0.25) is 0 Å². The van der Waals surface area contributed by atoms with Crippen LogP contribution in [0.5, 0.6) is 5.88 Å². The summed E-state index contributed by atoms with van der Waals surface area (Å²) in [7, 11) is 0. The minimum atomic E-state index is -0.641. The normalized spacial score (nSPS) is 10.7. The molecule has 2 rings (SSSR count). The van der Waals surface area contributed by atoms with E-state index in [0.29, 0.717) is 17.6 Å². The Labute approximate surface area is 114 Å². The quantitative estimate of drug-likeness (QED) is 0.621. The maximum atomic E-state index is 13.7. The molecule has 0 aliphatic carbocycles. The van der Waals surface area contributed by atoms with E-state index < -0.39 is 10.7 Å². The van der Waals surface area contributed by atoms with Crippen molar-refractivity contribution in [3.05, 3.63) is 75.9 Å². The van der Waals surface area contributed by atoms with Gasteiger partial charge in [0, 0.05) is 23.9 Å². The third kappa shape index (κ3) is 3.88. The van der Waals surface area contributed by atoms with E-state index in [2.05, 4.69) is 4.98 Å². The number of rotatable bonds is 5. The van der Waals surface area contributed by atoms with Gasteiger partial charge in [-0.2, -0.15) is 0 Å². The monoisotopic (exact) mass is 274 g/mol. The molecule has 0 fully saturated rings. The topological polar surface area (TPSA) is 65.3 Å². The highest BCUT2D eigenvalue weighted by atomic mass is 19.1. The third-order valence-electron chi connectivity index (χ3n) is 2.47. The van der Waals surface area contributed by atoms with Gasteiger partial charge in [-0.3, -0.25) is 10.1 Å². The first-order chi connectivity index (χ1) is 9.65. The van der Waals surface area contributed by atoms with Crippen LogP contribution in [-0.4, -0.2) is 9.91 Å². The van der Waals surface area contributed by atoms with Crippen molar-refractivity contribution in [1.29, 1.82) is 0 Å². The number of hydrogen-bond donors (Lipinski definition) is 0. The predicted octanol–water partition coefficient (Wildman–Crippen LogP) is 3.05. The van der Waals surface area contributed by atoms with Crippen LogP contribution in [0.15, 0.2) is 48.8 Å². The third-order valence-corrected chi connectivity index (χ3v) is 2.47. The molecule has 0 radical (unpaired) electrons. The fourth-order valence-electron chi connectivity index (χ4n) is 1.53. The summed E-state index contributed by atoms with van der Waals surface area (Å²) in [5.74, 6) is -0.0875. The summed E-state index contributed by atoms with van der Waals surface area (Å²) < 4.78 is 19.1. The second-order valence-electron chi connectivity index (χ2n) is 3.91. The Morgan fingerprint density at radius 3 is 2.85 bits per heavy atom. The number of pyridine rings is 1. The van der Waals surface area contributed by atoms with Crippen LogP contribution in [-0.2, 0) is 6.61 Å². The van der Waals surface area contributed by atoms with Crippen LogP contribution >= 0.6 is 0 Å². The molecule has 1 aromatic carbocycles. The van der Waals surface area contributed by atoms with E-state index >= 15 is 0 Å². The maximum absolute atomic E-state index is 13.7. The van der Waals surface area contributed by atoms with Gasteiger partial charge in [0.2, 0.25) is 12.1 Å². The van der Waals surface area contributed by atoms with Crippen LogP contribution in [0, 0.1) is 15.9 Å². The van der Waals surface area contributed by atoms with Crippen molar-refractivity contribution in [2.24, 2.45) is 0 Å². The van der Waals surface area contributed by atoms with Crippen molar-refractivity contribution >= 4 is 6.08 Å². The minimum absolute atomic E-state index is 0.156. The maximum Gasteiger partial charge on any atom is 0.235 e. The van der Waals surface area contributed by atoms with Gasteiger partial charge in [-0.1, -0.05) is 18.2 Å². The molecule has 0 bridgehead atoms. The lowest BCUT2D eigenvalue weighted by atomic mass is 10.1. The number of hydrogen-bond acceptors (Lipinski definition) is 4. The summed E-state index contributed by atoms with van der Waals surface area (Å²) in [6.07, 6.45) is 3.41. The largest absolute Gasteiger partial charge is 0.473 e. The molecule has 0 aliphatic rings. The lowest BCUT2D eigenvalue weighted by Gasteiger charge is -2.05. The van der Waals surface area contributed by atoms with Crippen molar-refractivity contribution in [3.8, 4) is 5.88 Å². The zero-order valence-corrected chi connectivity index (χ0v) is 10.4. The van der Waals surface area contributed by atoms with E-state index in [9.17, 15) is 14.5 Å². The fourth-order valence-corrected chi connectivity index (χ4v) is 1.53. The van der Waals surface area contributed by atoms with Gasteiger partial charge in [0.25, 0.3) is 0 Å².